The van der Waals surface area contributed by atoms with E-state index in [-0.39, 0.29) is 12.2 Å². The zero-order valence-electron chi connectivity index (χ0n) is 15.2. The number of rotatable bonds is 6. The average Bonchev–Trinajstić information content (AvgIpc) is 2.91. The van der Waals surface area contributed by atoms with E-state index in [9.17, 15) is 9.18 Å². The number of aryl methyl sites for hydroxylation is 2. The van der Waals surface area contributed by atoms with Gasteiger partial charge >= 0.3 is 0 Å². The van der Waals surface area contributed by atoms with E-state index in [1.54, 1.807) is 20.1 Å². The Morgan fingerprint density at radius 3 is 2.56 bits per heavy atom. The number of ether oxygens (including phenoxy) is 2. The summed E-state index contributed by atoms with van der Waals surface area (Å²) in [7, 11) is 3.11. The second kappa shape index (κ2) is 7.86. The molecule has 0 saturated heterocycles. The van der Waals surface area contributed by atoms with Crippen molar-refractivity contribution in [1.82, 2.24) is 15.2 Å². The number of nitrogens with one attached hydrogen (secondary N) is 1. The van der Waals surface area contributed by atoms with E-state index < -0.39 is 11.9 Å². The maximum atomic E-state index is 13.8. The lowest BCUT2D eigenvalue weighted by molar-refractivity contribution is -0.123. The Hall–Kier alpha value is -3.42. The fraction of sp³-hybridized carbons (Fsp3) is 0.211. The van der Waals surface area contributed by atoms with Crippen molar-refractivity contribution in [1.29, 1.82) is 0 Å². The Balaban J connectivity index is 1.57. The number of aromatic nitrogens is 2. The van der Waals surface area contributed by atoms with Crippen LogP contribution in [-0.2, 0) is 11.8 Å². The summed E-state index contributed by atoms with van der Waals surface area (Å²) in [5, 5.41) is 9.64. The second-order valence-corrected chi connectivity index (χ2v) is 5.87. The summed E-state index contributed by atoms with van der Waals surface area (Å²) in [6, 6.07) is 11.2. The Labute approximate surface area is 155 Å². The van der Waals surface area contributed by atoms with Gasteiger partial charge in [0.05, 0.1) is 24.6 Å². The van der Waals surface area contributed by atoms with Crippen molar-refractivity contribution in [3.8, 4) is 11.5 Å². The predicted octanol–water partition coefficient (Wildman–Crippen LogP) is 2.56. The number of fused-ring (bicyclic) bond motifs is 1. The third kappa shape index (κ3) is 4.22. The first kappa shape index (κ1) is 18.4. The van der Waals surface area contributed by atoms with Gasteiger partial charge in [-0.1, -0.05) is 12.1 Å². The highest BCUT2D eigenvalue weighted by atomic mass is 19.1. The van der Waals surface area contributed by atoms with Crippen LogP contribution < -0.4 is 14.9 Å². The van der Waals surface area contributed by atoms with Crippen LogP contribution in [0.25, 0.3) is 10.8 Å². The van der Waals surface area contributed by atoms with Gasteiger partial charge in [0.25, 0.3) is 5.91 Å². The molecule has 0 aliphatic rings. The zero-order chi connectivity index (χ0) is 19.4. The number of halogens is 1. The normalized spacial score (nSPS) is 11.1. The van der Waals surface area contributed by atoms with Gasteiger partial charge in [0, 0.05) is 7.05 Å². The summed E-state index contributed by atoms with van der Waals surface area (Å²) in [4.78, 5) is 11.8. The maximum absolute atomic E-state index is 13.8. The van der Waals surface area contributed by atoms with Crippen LogP contribution in [0.2, 0.25) is 0 Å². The van der Waals surface area contributed by atoms with E-state index in [0.29, 0.717) is 11.4 Å². The SMILES string of the molecule is COc1ccc2cc(OCC(=O)N/N=C\c3c(C)nn(C)c3F)ccc2c1. The number of amides is 1. The van der Waals surface area contributed by atoms with Gasteiger partial charge in [0.15, 0.2) is 6.61 Å². The molecule has 0 spiro atoms. The summed E-state index contributed by atoms with van der Waals surface area (Å²) < 4.78 is 25.5. The van der Waals surface area contributed by atoms with Gasteiger partial charge in [-0.3, -0.25) is 4.79 Å². The van der Waals surface area contributed by atoms with Crippen LogP contribution in [0.4, 0.5) is 4.39 Å². The molecule has 140 valence electrons. The van der Waals surface area contributed by atoms with Gasteiger partial charge in [-0.05, 0) is 42.0 Å². The van der Waals surface area contributed by atoms with E-state index in [1.165, 1.54) is 13.3 Å². The molecule has 0 fully saturated rings. The number of carbonyl (C=O) groups excluding carboxylic acids is 1. The lowest BCUT2D eigenvalue weighted by Gasteiger charge is -2.07. The molecule has 27 heavy (non-hydrogen) atoms. The standard InChI is InChI=1S/C19H19FN4O3/c1-12-17(19(20)24(2)23-12)10-21-22-18(25)11-27-16-7-5-13-8-15(26-3)6-4-14(13)9-16/h4-10H,11H2,1-3H3,(H,22,25)/b21-10-. The summed E-state index contributed by atoms with van der Waals surface area (Å²) in [5.74, 6) is 0.354. The number of hydrogen-bond donors (Lipinski definition) is 1. The first-order valence-electron chi connectivity index (χ1n) is 8.19. The molecule has 0 saturated carbocycles. The molecule has 1 heterocycles. The fourth-order valence-electron chi connectivity index (χ4n) is 2.56. The minimum Gasteiger partial charge on any atom is -0.497 e. The summed E-state index contributed by atoms with van der Waals surface area (Å²) in [5.41, 5.74) is 3.01. The number of methoxy groups -OCH3 is 1. The van der Waals surface area contributed by atoms with Crippen molar-refractivity contribution < 1.29 is 18.7 Å². The molecule has 0 radical (unpaired) electrons. The first-order chi connectivity index (χ1) is 13.0. The number of carbonyl (C=O) groups is 1. The molecule has 1 aromatic heterocycles. The molecule has 3 rings (SSSR count). The van der Waals surface area contributed by atoms with Crippen molar-refractivity contribution in [3.05, 3.63) is 53.6 Å². The number of nitrogens with zero attached hydrogens (tertiary/aromatic N) is 3. The van der Waals surface area contributed by atoms with Crippen molar-refractivity contribution in [3.63, 3.8) is 0 Å². The molecule has 0 aliphatic carbocycles. The van der Waals surface area contributed by atoms with Crippen LogP contribution in [0.15, 0.2) is 41.5 Å². The zero-order valence-corrected chi connectivity index (χ0v) is 15.2. The molecule has 1 N–H and O–H groups in total. The van der Waals surface area contributed by atoms with E-state index >= 15 is 0 Å². The van der Waals surface area contributed by atoms with Crippen molar-refractivity contribution in [2.24, 2.45) is 12.1 Å². The third-order valence-corrected chi connectivity index (χ3v) is 3.97. The molecule has 2 aromatic carbocycles. The van der Waals surface area contributed by atoms with Crippen LogP contribution in [0.5, 0.6) is 11.5 Å². The molecule has 0 aliphatic heterocycles. The van der Waals surface area contributed by atoms with Crippen LogP contribution in [-0.4, -0.2) is 35.6 Å². The molecule has 7 nitrogen and oxygen atoms in total. The summed E-state index contributed by atoms with van der Waals surface area (Å²) in [6.45, 7) is 1.44. The van der Waals surface area contributed by atoms with Crippen LogP contribution in [0, 0.1) is 12.9 Å². The highest BCUT2D eigenvalue weighted by Gasteiger charge is 2.10. The molecule has 1 amide bonds. The van der Waals surface area contributed by atoms with Gasteiger partial charge in [-0.15, -0.1) is 0 Å². The van der Waals surface area contributed by atoms with Crippen molar-refractivity contribution in [2.75, 3.05) is 13.7 Å². The molecular weight excluding hydrogens is 351 g/mol. The summed E-state index contributed by atoms with van der Waals surface area (Å²) >= 11 is 0. The maximum Gasteiger partial charge on any atom is 0.277 e. The first-order valence-corrected chi connectivity index (χ1v) is 8.19. The largest absolute Gasteiger partial charge is 0.497 e. The van der Waals surface area contributed by atoms with E-state index in [2.05, 4.69) is 15.6 Å². The predicted molar refractivity (Wildman–Crippen MR) is 99.6 cm³/mol. The minimum atomic E-state index is -0.519. The highest BCUT2D eigenvalue weighted by molar-refractivity contribution is 5.86. The van der Waals surface area contributed by atoms with Gasteiger partial charge in [0.1, 0.15) is 11.5 Å². The number of benzene rings is 2. The molecular formula is C19H19FN4O3. The Morgan fingerprint density at radius 2 is 1.93 bits per heavy atom. The van der Waals surface area contributed by atoms with Gasteiger partial charge in [-0.25, -0.2) is 10.1 Å². The lowest BCUT2D eigenvalue weighted by atomic mass is 10.1. The molecule has 0 unspecified atom stereocenters. The van der Waals surface area contributed by atoms with Crippen LogP contribution in [0.3, 0.4) is 0 Å². The van der Waals surface area contributed by atoms with E-state index in [4.69, 9.17) is 9.47 Å². The van der Waals surface area contributed by atoms with Crippen molar-refractivity contribution >= 4 is 22.9 Å². The lowest BCUT2D eigenvalue weighted by Crippen LogP contribution is -2.24. The Morgan fingerprint density at radius 1 is 1.26 bits per heavy atom. The van der Waals surface area contributed by atoms with Crippen molar-refractivity contribution in [2.45, 2.75) is 6.92 Å². The average molecular weight is 370 g/mol. The smallest absolute Gasteiger partial charge is 0.277 e. The molecule has 8 heteroatoms. The molecule has 0 bridgehead atoms. The Kier molecular flexibility index (Phi) is 5.35. The van der Waals surface area contributed by atoms with Crippen LogP contribution >= 0.6 is 0 Å². The monoisotopic (exact) mass is 370 g/mol. The van der Waals surface area contributed by atoms with Gasteiger partial charge in [-0.2, -0.15) is 14.6 Å². The Bertz CT molecular complexity index is 1010. The second-order valence-electron chi connectivity index (χ2n) is 5.87. The van der Waals surface area contributed by atoms with Crippen LogP contribution in [0.1, 0.15) is 11.3 Å². The topological polar surface area (TPSA) is 77.7 Å². The fourth-order valence-corrected chi connectivity index (χ4v) is 2.56. The minimum absolute atomic E-state index is 0.215. The quantitative estimate of drug-likeness (QED) is 0.534. The van der Waals surface area contributed by atoms with Gasteiger partial charge in [0.2, 0.25) is 5.95 Å². The number of hydrogen-bond acceptors (Lipinski definition) is 5. The molecule has 3 aromatic rings. The molecule has 0 atom stereocenters. The summed E-state index contributed by atoms with van der Waals surface area (Å²) in [6.07, 6.45) is 1.22. The third-order valence-electron chi connectivity index (χ3n) is 3.97. The highest BCUT2D eigenvalue weighted by Crippen LogP contribution is 2.24. The van der Waals surface area contributed by atoms with E-state index in [1.807, 2.05) is 30.3 Å². The number of hydrazone groups is 1. The van der Waals surface area contributed by atoms with Gasteiger partial charge < -0.3 is 9.47 Å². The van der Waals surface area contributed by atoms with E-state index in [0.717, 1.165) is 21.2 Å².